The maximum absolute atomic E-state index is 13.2. The Morgan fingerprint density at radius 2 is 1.92 bits per heavy atom. The lowest BCUT2D eigenvalue weighted by molar-refractivity contribution is 0.0688. The van der Waals surface area contributed by atoms with E-state index < -0.39 is 17.3 Å². The molecule has 1 aromatic carbocycles. The Balaban J connectivity index is 1.61. The highest BCUT2D eigenvalue weighted by Crippen LogP contribution is 2.23. The third kappa shape index (κ3) is 3.69. The Kier molecular flexibility index (Phi) is 4.74. The number of benzene rings is 1. The number of carbonyl (C=O) groups is 1. The molecule has 2 heterocycles. The molecule has 1 fully saturated rings. The maximum atomic E-state index is 13.2. The van der Waals surface area contributed by atoms with Gasteiger partial charge in [-0.15, -0.1) is 0 Å². The Morgan fingerprint density at radius 3 is 2.62 bits per heavy atom. The van der Waals surface area contributed by atoms with E-state index in [0.29, 0.717) is 19.0 Å². The van der Waals surface area contributed by atoms with Crippen molar-refractivity contribution >= 4 is 5.91 Å². The standard InChI is InChI=1S/C18H18F2N2O2/c19-14-3-1-2-13(9-14)8-12-4-6-22(7-5-12)18(24)16-10-15(20)11-21-17(16)23/h1-3,9-12H,4-8H2,(H,21,23). The van der Waals surface area contributed by atoms with Crippen LogP contribution in [0.15, 0.2) is 41.3 Å². The monoisotopic (exact) mass is 332 g/mol. The van der Waals surface area contributed by atoms with E-state index in [1.807, 2.05) is 6.07 Å². The average molecular weight is 332 g/mol. The topological polar surface area (TPSA) is 53.2 Å². The molecule has 4 nitrogen and oxygen atoms in total. The summed E-state index contributed by atoms with van der Waals surface area (Å²) in [5, 5.41) is 0. The number of hydrogen-bond acceptors (Lipinski definition) is 2. The fourth-order valence-corrected chi connectivity index (χ4v) is 3.12. The van der Waals surface area contributed by atoms with Gasteiger partial charge in [0.2, 0.25) is 0 Å². The fourth-order valence-electron chi connectivity index (χ4n) is 3.12. The van der Waals surface area contributed by atoms with Gasteiger partial charge in [-0.3, -0.25) is 9.59 Å². The summed E-state index contributed by atoms with van der Waals surface area (Å²) in [6.45, 7) is 1.02. The van der Waals surface area contributed by atoms with E-state index in [1.54, 1.807) is 11.0 Å². The molecule has 1 saturated heterocycles. The summed E-state index contributed by atoms with van der Waals surface area (Å²) in [7, 11) is 0. The number of piperidine rings is 1. The van der Waals surface area contributed by atoms with Crippen LogP contribution in [-0.4, -0.2) is 28.9 Å². The molecular formula is C18H18F2N2O2. The van der Waals surface area contributed by atoms with Crippen molar-refractivity contribution in [2.45, 2.75) is 19.3 Å². The molecule has 1 aliphatic rings. The van der Waals surface area contributed by atoms with E-state index in [2.05, 4.69) is 4.98 Å². The summed E-state index contributed by atoms with van der Waals surface area (Å²) >= 11 is 0. The number of nitrogens with zero attached hydrogens (tertiary/aromatic N) is 1. The highest BCUT2D eigenvalue weighted by molar-refractivity contribution is 5.93. The molecule has 2 aromatic rings. The minimum Gasteiger partial charge on any atom is -0.338 e. The van der Waals surface area contributed by atoms with Crippen molar-refractivity contribution in [2.24, 2.45) is 5.92 Å². The molecule has 6 heteroatoms. The number of likely N-dealkylation sites (tertiary alicyclic amines) is 1. The molecule has 1 amide bonds. The first-order valence-corrected chi connectivity index (χ1v) is 7.95. The first-order chi connectivity index (χ1) is 11.5. The van der Waals surface area contributed by atoms with Gasteiger partial charge in [0.1, 0.15) is 17.2 Å². The highest BCUT2D eigenvalue weighted by atomic mass is 19.1. The second-order valence-electron chi connectivity index (χ2n) is 6.13. The van der Waals surface area contributed by atoms with Crippen LogP contribution in [0.4, 0.5) is 8.78 Å². The van der Waals surface area contributed by atoms with Gasteiger partial charge < -0.3 is 9.88 Å². The van der Waals surface area contributed by atoms with Crippen LogP contribution >= 0.6 is 0 Å². The largest absolute Gasteiger partial charge is 0.338 e. The number of H-pyrrole nitrogens is 1. The second-order valence-corrected chi connectivity index (χ2v) is 6.13. The minimum absolute atomic E-state index is 0.168. The highest BCUT2D eigenvalue weighted by Gasteiger charge is 2.25. The quantitative estimate of drug-likeness (QED) is 0.940. The molecule has 1 aromatic heterocycles. The molecular weight excluding hydrogens is 314 g/mol. The lowest BCUT2D eigenvalue weighted by Crippen LogP contribution is -2.41. The van der Waals surface area contributed by atoms with Gasteiger partial charge in [0.25, 0.3) is 11.5 Å². The van der Waals surface area contributed by atoms with Gasteiger partial charge in [0, 0.05) is 19.3 Å². The molecule has 1 aliphatic heterocycles. The zero-order chi connectivity index (χ0) is 17.1. The summed E-state index contributed by atoms with van der Waals surface area (Å²) < 4.78 is 26.5. The summed E-state index contributed by atoms with van der Waals surface area (Å²) in [6, 6.07) is 7.51. The zero-order valence-corrected chi connectivity index (χ0v) is 13.1. The zero-order valence-electron chi connectivity index (χ0n) is 13.1. The van der Waals surface area contributed by atoms with Crippen molar-refractivity contribution in [1.82, 2.24) is 9.88 Å². The summed E-state index contributed by atoms with van der Waals surface area (Å²) in [5.41, 5.74) is 0.197. The second kappa shape index (κ2) is 6.95. The van der Waals surface area contributed by atoms with Crippen LogP contribution in [0.5, 0.6) is 0 Å². The Morgan fingerprint density at radius 1 is 1.17 bits per heavy atom. The Bertz CT molecular complexity index is 796. The SMILES string of the molecule is O=C(c1cc(F)c[nH]c1=O)N1CCC(Cc2cccc(F)c2)CC1. The van der Waals surface area contributed by atoms with E-state index in [1.165, 1.54) is 12.1 Å². The number of aromatic amines is 1. The molecule has 0 atom stereocenters. The van der Waals surface area contributed by atoms with Gasteiger partial charge in [-0.05, 0) is 48.9 Å². The first kappa shape index (κ1) is 16.4. The number of amides is 1. The van der Waals surface area contributed by atoms with Crippen LogP contribution in [0.2, 0.25) is 0 Å². The van der Waals surface area contributed by atoms with Crippen LogP contribution in [0.3, 0.4) is 0 Å². The predicted octanol–water partition coefficient (Wildman–Crippen LogP) is 2.75. The summed E-state index contributed by atoms with van der Waals surface area (Å²) in [5.74, 6) is -0.967. The van der Waals surface area contributed by atoms with Crippen molar-refractivity contribution in [3.8, 4) is 0 Å². The summed E-state index contributed by atoms with van der Waals surface area (Å²) in [4.78, 5) is 27.9. The van der Waals surface area contributed by atoms with Gasteiger partial charge in [-0.2, -0.15) is 0 Å². The third-order valence-electron chi connectivity index (χ3n) is 4.41. The van der Waals surface area contributed by atoms with Crippen LogP contribution in [0.25, 0.3) is 0 Å². The van der Waals surface area contributed by atoms with E-state index >= 15 is 0 Å². The normalized spacial score (nSPS) is 15.5. The number of nitrogens with one attached hydrogen (secondary N) is 1. The van der Waals surface area contributed by atoms with E-state index in [9.17, 15) is 18.4 Å². The van der Waals surface area contributed by atoms with Crippen molar-refractivity contribution in [1.29, 1.82) is 0 Å². The summed E-state index contributed by atoms with van der Waals surface area (Å²) in [6.07, 6.45) is 3.25. The van der Waals surface area contributed by atoms with Gasteiger partial charge in [0.15, 0.2) is 0 Å². The lowest BCUT2D eigenvalue weighted by atomic mass is 9.90. The molecule has 0 bridgehead atoms. The number of hydrogen-bond donors (Lipinski definition) is 1. The van der Waals surface area contributed by atoms with E-state index in [0.717, 1.165) is 37.1 Å². The predicted molar refractivity (Wildman–Crippen MR) is 85.8 cm³/mol. The number of rotatable bonds is 3. The van der Waals surface area contributed by atoms with Gasteiger partial charge >= 0.3 is 0 Å². The van der Waals surface area contributed by atoms with Crippen LogP contribution < -0.4 is 5.56 Å². The molecule has 24 heavy (non-hydrogen) atoms. The van der Waals surface area contributed by atoms with Gasteiger partial charge in [-0.25, -0.2) is 8.78 Å². The maximum Gasteiger partial charge on any atom is 0.260 e. The average Bonchev–Trinajstić information content (AvgIpc) is 2.57. The van der Waals surface area contributed by atoms with Crippen molar-refractivity contribution in [3.63, 3.8) is 0 Å². The number of pyridine rings is 1. The molecule has 0 aliphatic carbocycles. The molecule has 0 unspecified atom stereocenters. The number of halogens is 2. The van der Waals surface area contributed by atoms with Gasteiger partial charge in [-0.1, -0.05) is 12.1 Å². The number of carbonyl (C=O) groups excluding carboxylic acids is 1. The first-order valence-electron chi connectivity index (χ1n) is 7.95. The molecule has 3 rings (SSSR count). The lowest BCUT2D eigenvalue weighted by Gasteiger charge is -2.32. The van der Waals surface area contributed by atoms with Crippen LogP contribution in [0, 0.1) is 17.6 Å². The Labute approximate surface area is 138 Å². The van der Waals surface area contributed by atoms with Crippen molar-refractivity contribution in [2.75, 3.05) is 13.1 Å². The molecule has 126 valence electrons. The number of aromatic nitrogens is 1. The van der Waals surface area contributed by atoms with Crippen LogP contribution in [0.1, 0.15) is 28.8 Å². The smallest absolute Gasteiger partial charge is 0.260 e. The molecule has 0 spiro atoms. The van der Waals surface area contributed by atoms with Crippen LogP contribution in [-0.2, 0) is 6.42 Å². The van der Waals surface area contributed by atoms with Crippen molar-refractivity contribution in [3.05, 3.63) is 69.6 Å². The molecule has 1 N–H and O–H groups in total. The van der Waals surface area contributed by atoms with Crippen molar-refractivity contribution < 1.29 is 13.6 Å². The molecule has 0 radical (unpaired) electrons. The molecule has 0 saturated carbocycles. The minimum atomic E-state index is -0.640. The van der Waals surface area contributed by atoms with E-state index in [-0.39, 0.29) is 11.4 Å². The fraction of sp³-hybridized carbons (Fsp3) is 0.333. The Hall–Kier alpha value is -2.50. The van der Waals surface area contributed by atoms with E-state index in [4.69, 9.17) is 0 Å². The van der Waals surface area contributed by atoms with Gasteiger partial charge in [0.05, 0.1) is 0 Å². The third-order valence-corrected chi connectivity index (χ3v) is 4.41.